The fraction of sp³-hybridized carbons (Fsp3) is 0.150. The van der Waals surface area contributed by atoms with E-state index in [0.717, 1.165) is 5.56 Å². The molecule has 0 fully saturated rings. The molecule has 1 amide bonds. The van der Waals surface area contributed by atoms with Crippen molar-refractivity contribution in [3.05, 3.63) is 77.9 Å². The quantitative estimate of drug-likeness (QED) is 0.778. The molecule has 0 saturated heterocycles. The van der Waals surface area contributed by atoms with Crippen molar-refractivity contribution in [3.63, 3.8) is 0 Å². The second kappa shape index (κ2) is 6.53. The molecule has 0 bridgehead atoms. The minimum atomic E-state index is -0.136. The molecule has 3 aromatic carbocycles. The number of hydrogen-bond acceptors (Lipinski definition) is 2. The molecule has 0 aliphatic heterocycles. The fourth-order valence-electron chi connectivity index (χ4n) is 2.67. The van der Waals surface area contributed by atoms with Gasteiger partial charge in [0, 0.05) is 0 Å². The number of amides is 1. The average Bonchev–Trinajstić information content (AvgIpc) is 2.61. The van der Waals surface area contributed by atoms with E-state index in [1.807, 2.05) is 31.2 Å². The predicted molar refractivity (Wildman–Crippen MR) is 92.8 cm³/mol. The molecule has 0 aromatic heterocycles. The van der Waals surface area contributed by atoms with Crippen molar-refractivity contribution < 1.29 is 9.53 Å². The second-order valence-corrected chi connectivity index (χ2v) is 5.50. The Morgan fingerprint density at radius 3 is 2.43 bits per heavy atom. The molecule has 0 aliphatic carbocycles. The van der Waals surface area contributed by atoms with Crippen LogP contribution in [0.15, 0.2) is 66.7 Å². The predicted octanol–water partition coefficient (Wildman–Crippen LogP) is 4.34. The molecule has 0 aliphatic rings. The van der Waals surface area contributed by atoms with E-state index in [2.05, 4.69) is 35.6 Å². The number of ether oxygens (including phenoxy) is 1. The number of carbonyl (C=O) groups excluding carboxylic acids is 1. The summed E-state index contributed by atoms with van der Waals surface area (Å²) in [6.45, 7) is 1.98. The summed E-state index contributed by atoms with van der Waals surface area (Å²) in [5, 5.41) is 5.40. The first-order valence-electron chi connectivity index (χ1n) is 7.61. The summed E-state index contributed by atoms with van der Waals surface area (Å²) < 4.78 is 5.25. The van der Waals surface area contributed by atoms with Crippen molar-refractivity contribution in [2.24, 2.45) is 0 Å². The summed E-state index contributed by atoms with van der Waals surface area (Å²) in [5.41, 5.74) is 1.62. The number of nitrogens with one attached hydrogen (secondary N) is 1. The monoisotopic (exact) mass is 305 g/mol. The molecule has 116 valence electrons. The van der Waals surface area contributed by atoms with Crippen molar-refractivity contribution in [2.45, 2.75) is 13.0 Å². The molecular weight excluding hydrogens is 286 g/mol. The number of methoxy groups -OCH3 is 1. The van der Waals surface area contributed by atoms with Crippen LogP contribution in [0.3, 0.4) is 0 Å². The SMILES string of the molecule is COc1ccccc1C(=O)NC(C)c1ccc2ccccc2c1. The maximum absolute atomic E-state index is 12.5. The summed E-state index contributed by atoms with van der Waals surface area (Å²) in [7, 11) is 1.57. The van der Waals surface area contributed by atoms with Crippen molar-refractivity contribution >= 4 is 16.7 Å². The van der Waals surface area contributed by atoms with Crippen LogP contribution in [-0.2, 0) is 0 Å². The largest absolute Gasteiger partial charge is 0.496 e. The van der Waals surface area contributed by atoms with Gasteiger partial charge in [-0.15, -0.1) is 0 Å². The van der Waals surface area contributed by atoms with Crippen molar-refractivity contribution in [2.75, 3.05) is 7.11 Å². The molecule has 0 saturated carbocycles. The summed E-state index contributed by atoms with van der Waals surface area (Å²) in [6.07, 6.45) is 0. The summed E-state index contributed by atoms with van der Waals surface area (Å²) in [5.74, 6) is 0.443. The Balaban J connectivity index is 1.82. The van der Waals surface area contributed by atoms with Gasteiger partial charge in [0.15, 0.2) is 0 Å². The second-order valence-electron chi connectivity index (χ2n) is 5.50. The molecular formula is C20H19NO2. The van der Waals surface area contributed by atoms with E-state index in [1.165, 1.54) is 10.8 Å². The first-order chi connectivity index (χ1) is 11.2. The van der Waals surface area contributed by atoms with Gasteiger partial charge in [-0.3, -0.25) is 4.79 Å². The number of para-hydroxylation sites is 1. The van der Waals surface area contributed by atoms with Crippen LogP contribution < -0.4 is 10.1 Å². The van der Waals surface area contributed by atoms with Gasteiger partial charge in [-0.2, -0.15) is 0 Å². The van der Waals surface area contributed by atoms with E-state index in [9.17, 15) is 4.79 Å². The molecule has 1 atom stereocenters. The number of rotatable bonds is 4. The molecule has 0 radical (unpaired) electrons. The highest BCUT2D eigenvalue weighted by Gasteiger charge is 2.15. The molecule has 3 heteroatoms. The molecule has 23 heavy (non-hydrogen) atoms. The minimum absolute atomic E-state index is 0.0861. The number of hydrogen-bond donors (Lipinski definition) is 1. The van der Waals surface area contributed by atoms with Gasteiger partial charge in [-0.25, -0.2) is 0 Å². The lowest BCUT2D eigenvalue weighted by atomic mass is 10.0. The van der Waals surface area contributed by atoms with Crippen LogP contribution in [-0.4, -0.2) is 13.0 Å². The Labute approximate surface area is 135 Å². The van der Waals surface area contributed by atoms with E-state index >= 15 is 0 Å². The molecule has 1 unspecified atom stereocenters. The lowest BCUT2D eigenvalue weighted by Crippen LogP contribution is -2.27. The molecule has 1 N–H and O–H groups in total. The number of benzene rings is 3. The first-order valence-corrected chi connectivity index (χ1v) is 7.61. The third-order valence-corrected chi connectivity index (χ3v) is 3.97. The van der Waals surface area contributed by atoms with E-state index in [-0.39, 0.29) is 11.9 Å². The Kier molecular flexibility index (Phi) is 4.29. The van der Waals surface area contributed by atoms with Gasteiger partial charge >= 0.3 is 0 Å². The maximum Gasteiger partial charge on any atom is 0.255 e. The Morgan fingerprint density at radius 1 is 0.957 bits per heavy atom. The molecule has 3 nitrogen and oxygen atoms in total. The topological polar surface area (TPSA) is 38.3 Å². The van der Waals surface area contributed by atoms with Gasteiger partial charge in [0.2, 0.25) is 0 Å². The van der Waals surface area contributed by atoms with E-state index < -0.39 is 0 Å². The lowest BCUT2D eigenvalue weighted by molar-refractivity contribution is 0.0937. The van der Waals surface area contributed by atoms with Gasteiger partial charge in [-0.05, 0) is 41.5 Å². The van der Waals surface area contributed by atoms with Crippen LogP contribution in [0.25, 0.3) is 10.8 Å². The van der Waals surface area contributed by atoms with E-state index in [1.54, 1.807) is 19.2 Å². The molecule has 3 rings (SSSR count). The van der Waals surface area contributed by atoms with Crippen LogP contribution in [0.1, 0.15) is 28.9 Å². The van der Waals surface area contributed by atoms with Crippen LogP contribution in [0.4, 0.5) is 0 Å². The normalized spacial score (nSPS) is 11.9. The zero-order chi connectivity index (χ0) is 16.2. The maximum atomic E-state index is 12.5. The Morgan fingerprint density at radius 2 is 1.65 bits per heavy atom. The Bertz CT molecular complexity index is 842. The van der Waals surface area contributed by atoms with Gasteiger partial charge in [0.1, 0.15) is 5.75 Å². The highest BCUT2D eigenvalue weighted by Crippen LogP contribution is 2.22. The van der Waals surface area contributed by atoms with Crippen LogP contribution in [0.2, 0.25) is 0 Å². The lowest BCUT2D eigenvalue weighted by Gasteiger charge is -2.16. The van der Waals surface area contributed by atoms with E-state index in [4.69, 9.17) is 4.74 Å². The summed E-state index contributed by atoms with van der Waals surface area (Å²) in [6, 6.07) is 21.6. The van der Waals surface area contributed by atoms with E-state index in [0.29, 0.717) is 11.3 Å². The van der Waals surface area contributed by atoms with Crippen LogP contribution in [0, 0.1) is 0 Å². The van der Waals surface area contributed by atoms with Gasteiger partial charge < -0.3 is 10.1 Å². The Hall–Kier alpha value is -2.81. The molecule has 0 spiro atoms. The number of fused-ring (bicyclic) bond motifs is 1. The average molecular weight is 305 g/mol. The van der Waals surface area contributed by atoms with Gasteiger partial charge in [0.05, 0.1) is 18.7 Å². The van der Waals surface area contributed by atoms with Crippen molar-refractivity contribution in [1.82, 2.24) is 5.32 Å². The molecule has 0 heterocycles. The highest BCUT2D eigenvalue weighted by atomic mass is 16.5. The summed E-state index contributed by atoms with van der Waals surface area (Å²) >= 11 is 0. The van der Waals surface area contributed by atoms with Crippen molar-refractivity contribution in [3.8, 4) is 5.75 Å². The fourth-order valence-corrected chi connectivity index (χ4v) is 2.67. The van der Waals surface area contributed by atoms with Crippen molar-refractivity contribution in [1.29, 1.82) is 0 Å². The highest BCUT2D eigenvalue weighted by molar-refractivity contribution is 5.97. The molecule has 3 aromatic rings. The van der Waals surface area contributed by atoms with Crippen LogP contribution >= 0.6 is 0 Å². The number of carbonyl (C=O) groups is 1. The third kappa shape index (κ3) is 3.19. The van der Waals surface area contributed by atoms with Gasteiger partial charge in [-0.1, -0.05) is 48.5 Å². The summed E-state index contributed by atoms with van der Waals surface area (Å²) in [4.78, 5) is 12.5. The van der Waals surface area contributed by atoms with Gasteiger partial charge in [0.25, 0.3) is 5.91 Å². The standard InChI is InChI=1S/C20H19NO2/c1-14(16-12-11-15-7-3-4-8-17(15)13-16)21-20(22)18-9-5-6-10-19(18)23-2/h3-14H,1-2H3,(H,21,22). The first kappa shape index (κ1) is 15.1. The third-order valence-electron chi connectivity index (χ3n) is 3.97. The van der Waals surface area contributed by atoms with Crippen LogP contribution in [0.5, 0.6) is 5.75 Å². The minimum Gasteiger partial charge on any atom is -0.496 e. The smallest absolute Gasteiger partial charge is 0.255 e. The zero-order valence-electron chi connectivity index (χ0n) is 13.2. The zero-order valence-corrected chi connectivity index (χ0v) is 13.2.